The number of phenolic OH excluding ortho intramolecular Hbond substituents is 1. The van der Waals surface area contributed by atoms with Gasteiger partial charge in [0.15, 0.2) is 0 Å². The molecule has 0 unspecified atom stereocenters. The fourth-order valence-electron chi connectivity index (χ4n) is 3.22. The Morgan fingerprint density at radius 3 is 1.37 bits per heavy atom. The maximum Gasteiger partial charge on any atom is 0.142 e. The normalized spacial score (nSPS) is 11.2. The van der Waals surface area contributed by atoms with Crippen molar-refractivity contribution in [1.29, 1.82) is 0 Å². The summed E-state index contributed by atoms with van der Waals surface area (Å²) in [6.45, 7) is 4.54. The van der Waals surface area contributed by atoms with Gasteiger partial charge in [0, 0.05) is 0 Å². The van der Waals surface area contributed by atoms with Crippen molar-refractivity contribution in [2.45, 2.75) is 114 Å². The monoisotopic (exact) mass is 410 g/mol. The molecule has 0 amide bonds. The molecule has 0 aromatic heterocycles. The van der Waals surface area contributed by atoms with E-state index in [0.717, 1.165) is 21.3 Å². The largest absolute Gasteiger partial charge is 0.506 e. The molecule has 0 fully saturated rings. The summed E-state index contributed by atoms with van der Waals surface area (Å²) in [6.07, 6.45) is 18.8. The van der Waals surface area contributed by atoms with E-state index in [0.29, 0.717) is 5.75 Å². The molecule has 0 saturated heterocycles. The topological polar surface area (TPSA) is 20.2 Å². The van der Waals surface area contributed by atoms with Crippen LogP contribution in [0.1, 0.15) is 104 Å². The van der Waals surface area contributed by atoms with E-state index in [1.165, 1.54) is 89.9 Å². The molecule has 0 aliphatic rings. The van der Waals surface area contributed by atoms with Gasteiger partial charge in [0.05, 0.1) is 9.79 Å². The van der Waals surface area contributed by atoms with Crippen LogP contribution >= 0.6 is 23.5 Å². The highest BCUT2D eigenvalue weighted by Gasteiger charge is 2.08. The van der Waals surface area contributed by atoms with E-state index < -0.39 is 0 Å². The van der Waals surface area contributed by atoms with Crippen molar-refractivity contribution in [3.8, 4) is 5.75 Å². The highest BCUT2D eigenvalue weighted by atomic mass is 32.2. The Balaban J connectivity index is 2.15. The quantitative estimate of drug-likeness (QED) is 0.192. The molecule has 0 radical (unpaired) electrons. The minimum Gasteiger partial charge on any atom is -0.506 e. The third-order valence-electron chi connectivity index (χ3n) is 4.97. The maximum absolute atomic E-state index is 10.5. The molecule has 0 spiro atoms. The minimum atomic E-state index is 0.512. The molecule has 1 aromatic rings. The SMILES string of the molecule is CCCCCCCCCSc1cccc(SCCCCCCCCC)c1O. The van der Waals surface area contributed by atoms with E-state index in [2.05, 4.69) is 32.0 Å². The van der Waals surface area contributed by atoms with Gasteiger partial charge in [0.25, 0.3) is 0 Å². The van der Waals surface area contributed by atoms with E-state index in [1.807, 2.05) is 23.5 Å². The summed E-state index contributed by atoms with van der Waals surface area (Å²) in [7, 11) is 0. The van der Waals surface area contributed by atoms with Gasteiger partial charge in [-0.3, -0.25) is 0 Å². The molecule has 3 heteroatoms. The number of hydrogen-bond donors (Lipinski definition) is 1. The van der Waals surface area contributed by atoms with Crippen molar-refractivity contribution in [2.24, 2.45) is 0 Å². The summed E-state index contributed by atoms with van der Waals surface area (Å²) in [4.78, 5) is 2.12. The average molecular weight is 411 g/mol. The Hall–Kier alpha value is -0.280. The minimum absolute atomic E-state index is 0.512. The van der Waals surface area contributed by atoms with Gasteiger partial charge in [-0.1, -0.05) is 97.0 Å². The van der Waals surface area contributed by atoms with Crippen LogP contribution in [0.5, 0.6) is 5.75 Å². The van der Waals surface area contributed by atoms with Crippen LogP contribution in [0, 0.1) is 0 Å². The summed E-state index contributed by atoms with van der Waals surface area (Å²) in [5.74, 6) is 2.75. The number of para-hydroxylation sites is 1. The van der Waals surface area contributed by atoms with E-state index in [-0.39, 0.29) is 0 Å². The highest BCUT2D eigenvalue weighted by Crippen LogP contribution is 2.37. The van der Waals surface area contributed by atoms with Crippen LogP contribution in [0.4, 0.5) is 0 Å². The molecule has 0 saturated carbocycles. The molecule has 0 bridgehead atoms. The molecular formula is C24H42OS2. The molecule has 0 aliphatic heterocycles. The molecule has 0 heterocycles. The van der Waals surface area contributed by atoms with Crippen molar-refractivity contribution in [3.05, 3.63) is 18.2 Å². The second-order valence-corrected chi connectivity index (χ2v) is 9.82. The molecule has 156 valence electrons. The Bertz CT molecular complexity index is 423. The standard InChI is InChI=1S/C24H42OS2/c1-3-5-7-9-11-13-15-20-26-22-18-17-19-23(24(22)25)27-21-16-14-12-10-8-6-4-2/h17-19,25H,3-16,20-21H2,1-2H3. The first-order chi connectivity index (χ1) is 13.3. The van der Waals surface area contributed by atoms with Gasteiger partial charge < -0.3 is 5.11 Å². The zero-order valence-electron chi connectivity index (χ0n) is 17.8. The predicted molar refractivity (Wildman–Crippen MR) is 126 cm³/mol. The van der Waals surface area contributed by atoms with Crippen LogP contribution in [-0.2, 0) is 0 Å². The first kappa shape index (κ1) is 24.8. The lowest BCUT2D eigenvalue weighted by Gasteiger charge is -2.09. The third kappa shape index (κ3) is 12.7. The first-order valence-corrected chi connectivity index (χ1v) is 13.3. The maximum atomic E-state index is 10.5. The molecule has 1 aromatic carbocycles. The van der Waals surface area contributed by atoms with Gasteiger partial charge >= 0.3 is 0 Å². The van der Waals surface area contributed by atoms with Gasteiger partial charge in [-0.25, -0.2) is 0 Å². The van der Waals surface area contributed by atoms with Crippen LogP contribution in [-0.4, -0.2) is 16.6 Å². The van der Waals surface area contributed by atoms with Crippen LogP contribution in [0.3, 0.4) is 0 Å². The van der Waals surface area contributed by atoms with Gasteiger partial charge in [0.2, 0.25) is 0 Å². The Kier molecular flexibility index (Phi) is 16.3. The summed E-state index contributed by atoms with van der Waals surface area (Å²) in [6, 6.07) is 6.23. The van der Waals surface area contributed by atoms with Crippen LogP contribution < -0.4 is 0 Å². The van der Waals surface area contributed by atoms with E-state index >= 15 is 0 Å². The van der Waals surface area contributed by atoms with Crippen molar-refractivity contribution in [1.82, 2.24) is 0 Å². The van der Waals surface area contributed by atoms with Gasteiger partial charge in [-0.2, -0.15) is 0 Å². The van der Waals surface area contributed by atoms with Crippen molar-refractivity contribution < 1.29 is 5.11 Å². The van der Waals surface area contributed by atoms with Crippen molar-refractivity contribution in [2.75, 3.05) is 11.5 Å². The predicted octanol–water partition coefficient (Wildman–Crippen LogP) is 9.08. The number of aromatic hydroxyl groups is 1. The van der Waals surface area contributed by atoms with E-state index in [4.69, 9.17) is 0 Å². The number of benzene rings is 1. The lowest BCUT2D eigenvalue weighted by molar-refractivity contribution is 0.449. The molecule has 1 nitrogen and oxygen atoms in total. The number of thioether (sulfide) groups is 2. The van der Waals surface area contributed by atoms with Crippen molar-refractivity contribution >= 4 is 23.5 Å². The summed E-state index contributed by atoms with van der Waals surface area (Å²) in [5, 5.41) is 10.5. The summed E-state index contributed by atoms with van der Waals surface area (Å²) >= 11 is 3.64. The second kappa shape index (κ2) is 17.8. The zero-order valence-corrected chi connectivity index (χ0v) is 19.4. The highest BCUT2D eigenvalue weighted by molar-refractivity contribution is 8.00. The fourth-order valence-corrected chi connectivity index (χ4v) is 5.26. The fraction of sp³-hybridized carbons (Fsp3) is 0.750. The summed E-state index contributed by atoms with van der Waals surface area (Å²) in [5.41, 5.74) is 0. The zero-order chi connectivity index (χ0) is 19.6. The Labute approximate surface area is 177 Å². The number of phenols is 1. The summed E-state index contributed by atoms with van der Waals surface area (Å²) < 4.78 is 0. The number of unbranched alkanes of at least 4 members (excludes halogenated alkanes) is 12. The van der Waals surface area contributed by atoms with Gasteiger partial charge in [-0.05, 0) is 36.5 Å². The average Bonchev–Trinajstić information content (AvgIpc) is 2.68. The van der Waals surface area contributed by atoms with Crippen LogP contribution in [0.25, 0.3) is 0 Å². The second-order valence-electron chi connectivity index (χ2n) is 7.54. The molecule has 1 rings (SSSR count). The number of hydrogen-bond acceptors (Lipinski definition) is 3. The van der Waals surface area contributed by atoms with Crippen molar-refractivity contribution in [3.63, 3.8) is 0 Å². The third-order valence-corrected chi connectivity index (χ3v) is 7.24. The molecule has 0 atom stereocenters. The Morgan fingerprint density at radius 1 is 0.593 bits per heavy atom. The van der Waals surface area contributed by atoms with E-state index in [9.17, 15) is 5.11 Å². The lowest BCUT2D eigenvalue weighted by atomic mass is 10.1. The molecule has 27 heavy (non-hydrogen) atoms. The molecular weight excluding hydrogens is 368 g/mol. The Morgan fingerprint density at radius 2 is 0.963 bits per heavy atom. The van der Waals surface area contributed by atoms with E-state index in [1.54, 1.807) is 0 Å². The smallest absolute Gasteiger partial charge is 0.142 e. The molecule has 0 aliphatic carbocycles. The van der Waals surface area contributed by atoms with Gasteiger partial charge in [0.1, 0.15) is 5.75 Å². The lowest BCUT2D eigenvalue weighted by Crippen LogP contribution is -1.86. The van der Waals surface area contributed by atoms with Gasteiger partial charge in [-0.15, -0.1) is 23.5 Å². The molecule has 1 N–H and O–H groups in total. The van der Waals surface area contributed by atoms with Crippen LogP contribution in [0.15, 0.2) is 28.0 Å². The number of rotatable bonds is 18. The van der Waals surface area contributed by atoms with Crippen LogP contribution in [0.2, 0.25) is 0 Å². The first-order valence-electron chi connectivity index (χ1n) is 11.4.